The molecule has 4 heteroatoms. The van der Waals surface area contributed by atoms with Crippen LogP contribution in [0.15, 0.2) is 78.9 Å². The van der Waals surface area contributed by atoms with E-state index < -0.39 is 18.7 Å². The quantitative estimate of drug-likeness (QED) is 0.397. The first-order valence-corrected chi connectivity index (χ1v) is 10.1. The molecule has 0 radical (unpaired) electrons. The maximum atomic E-state index is 12.8. The minimum atomic E-state index is -4.21. The van der Waals surface area contributed by atoms with Crippen molar-refractivity contribution in [3.63, 3.8) is 0 Å². The van der Waals surface area contributed by atoms with Gasteiger partial charge < -0.3 is 4.74 Å². The Kier molecular flexibility index (Phi) is 6.55. The highest BCUT2D eigenvalue weighted by atomic mass is 19.4. The van der Waals surface area contributed by atoms with Crippen molar-refractivity contribution in [3.8, 4) is 16.9 Å². The molecule has 158 valence electrons. The number of benzene rings is 3. The van der Waals surface area contributed by atoms with Crippen LogP contribution >= 0.6 is 0 Å². The van der Waals surface area contributed by atoms with E-state index in [4.69, 9.17) is 4.74 Å². The molecule has 0 heterocycles. The van der Waals surface area contributed by atoms with Crippen molar-refractivity contribution < 1.29 is 17.9 Å². The average molecular weight is 412 g/mol. The van der Waals surface area contributed by atoms with Crippen LogP contribution in [-0.2, 0) is 5.41 Å². The zero-order chi connectivity index (χ0) is 21.8. The number of hydrogen-bond donors (Lipinski definition) is 0. The smallest absolute Gasteiger partial charge is 0.389 e. The molecule has 1 nitrogen and oxygen atoms in total. The van der Waals surface area contributed by atoms with Crippen LogP contribution in [0.1, 0.15) is 50.8 Å². The van der Waals surface area contributed by atoms with Gasteiger partial charge in [-0.1, -0.05) is 87.5 Å². The monoisotopic (exact) mass is 412 g/mol. The summed E-state index contributed by atoms with van der Waals surface area (Å²) < 4.78 is 44.2. The Labute approximate surface area is 176 Å². The zero-order valence-corrected chi connectivity index (χ0v) is 17.5. The summed E-state index contributed by atoms with van der Waals surface area (Å²) in [4.78, 5) is 0. The van der Waals surface area contributed by atoms with Crippen molar-refractivity contribution in [1.29, 1.82) is 0 Å². The number of rotatable bonds is 6. The van der Waals surface area contributed by atoms with Crippen LogP contribution in [0.4, 0.5) is 13.2 Å². The Balaban J connectivity index is 1.75. The predicted octanol–water partition coefficient (Wildman–Crippen LogP) is 8.11. The van der Waals surface area contributed by atoms with Crippen LogP contribution in [0.5, 0.6) is 5.75 Å². The van der Waals surface area contributed by atoms with Gasteiger partial charge in [0.05, 0.1) is 0 Å². The van der Waals surface area contributed by atoms with Gasteiger partial charge in [0.2, 0.25) is 0 Å². The molecular weight excluding hydrogens is 385 g/mol. The SMILES string of the molecule is CC(C)(C)c1ccc(-c2ccc(OC(CCC(F)(F)F)c3ccccc3)cc2)cc1. The lowest BCUT2D eigenvalue weighted by Gasteiger charge is -2.21. The molecule has 1 unspecified atom stereocenters. The lowest BCUT2D eigenvalue weighted by molar-refractivity contribution is -0.139. The van der Waals surface area contributed by atoms with Crippen molar-refractivity contribution in [2.75, 3.05) is 0 Å². The van der Waals surface area contributed by atoms with E-state index in [-0.39, 0.29) is 11.8 Å². The van der Waals surface area contributed by atoms with E-state index in [9.17, 15) is 13.2 Å². The Hall–Kier alpha value is -2.75. The molecule has 30 heavy (non-hydrogen) atoms. The summed E-state index contributed by atoms with van der Waals surface area (Å²) in [7, 11) is 0. The fourth-order valence-corrected chi connectivity index (χ4v) is 3.31. The first-order chi connectivity index (χ1) is 14.1. The molecule has 0 fully saturated rings. The number of hydrogen-bond acceptors (Lipinski definition) is 1. The van der Waals surface area contributed by atoms with Crippen LogP contribution in [0.2, 0.25) is 0 Å². The minimum Gasteiger partial charge on any atom is -0.486 e. The van der Waals surface area contributed by atoms with Gasteiger partial charge in [0.25, 0.3) is 0 Å². The summed E-state index contributed by atoms with van der Waals surface area (Å²) in [5, 5.41) is 0. The van der Waals surface area contributed by atoms with E-state index in [1.54, 1.807) is 12.1 Å². The summed E-state index contributed by atoms with van der Waals surface area (Å²) in [5.74, 6) is 0.557. The molecule has 0 bridgehead atoms. The molecule has 3 aromatic carbocycles. The second kappa shape index (κ2) is 8.95. The Bertz CT molecular complexity index is 921. The molecule has 1 atom stereocenters. The van der Waals surface area contributed by atoms with Gasteiger partial charge in [-0.15, -0.1) is 0 Å². The first-order valence-electron chi connectivity index (χ1n) is 10.1. The van der Waals surface area contributed by atoms with Gasteiger partial charge in [-0.3, -0.25) is 0 Å². The normalized spacial score (nSPS) is 13.1. The Morgan fingerprint density at radius 1 is 0.733 bits per heavy atom. The van der Waals surface area contributed by atoms with E-state index in [1.165, 1.54) is 5.56 Å². The summed E-state index contributed by atoms with van der Waals surface area (Å²) >= 11 is 0. The van der Waals surface area contributed by atoms with Gasteiger partial charge in [-0.2, -0.15) is 13.2 Å². The van der Waals surface area contributed by atoms with E-state index >= 15 is 0 Å². The third-order valence-electron chi connectivity index (χ3n) is 5.08. The molecule has 3 aromatic rings. The molecule has 0 saturated carbocycles. The van der Waals surface area contributed by atoms with Gasteiger partial charge >= 0.3 is 6.18 Å². The highest BCUT2D eigenvalue weighted by Gasteiger charge is 2.29. The van der Waals surface area contributed by atoms with Gasteiger partial charge in [0, 0.05) is 6.42 Å². The van der Waals surface area contributed by atoms with Gasteiger partial charge in [-0.25, -0.2) is 0 Å². The topological polar surface area (TPSA) is 9.23 Å². The van der Waals surface area contributed by atoms with Gasteiger partial charge in [0.15, 0.2) is 0 Å². The zero-order valence-electron chi connectivity index (χ0n) is 17.5. The van der Waals surface area contributed by atoms with Crippen LogP contribution in [0.3, 0.4) is 0 Å². The second-order valence-electron chi connectivity index (χ2n) is 8.52. The largest absolute Gasteiger partial charge is 0.486 e. The number of alkyl halides is 3. The maximum absolute atomic E-state index is 12.8. The maximum Gasteiger partial charge on any atom is 0.389 e. The lowest BCUT2D eigenvalue weighted by Crippen LogP contribution is -2.14. The third-order valence-corrected chi connectivity index (χ3v) is 5.08. The highest BCUT2D eigenvalue weighted by molar-refractivity contribution is 5.64. The molecule has 0 aliphatic carbocycles. The van der Waals surface area contributed by atoms with E-state index in [2.05, 4.69) is 45.0 Å². The summed E-state index contributed by atoms with van der Waals surface area (Å²) in [6.45, 7) is 6.53. The van der Waals surface area contributed by atoms with Crippen LogP contribution in [0.25, 0.3) is 11.1 Å². The first kappa shape index (κ1) is 21.9. The second-order valence-corrected chi connectivity index (χ2v) is 8.52. The van der Waals surface area contributed by atoms with Crippen LogP contribution < -0.4 is 4.74 Å². The average Bonchev–Trinajstić information content (AvgIpc) is 2.71. The van der Waals surface area contributed by atoms with E-state index in [1.807, 2.05) is 42.5 Å². The minimum absolute atomic E-state index is 0.0963. The molecule has 3 rings (SSSR count). The number of halogens is 3. The van der Waals surface area contributed by atoms with E-state index in [0.29, 0.717) is 5.75 Å². The fourth-order valence-electron chi connectivity index (χ4n) is 3.31. The standard InChI is InChI=1S/C26H27F3O/c1-25(2,3)22-13-9-19(10-14-22)20-11-15-23(16-12-20)30-24(17-18-26(27,28)29)21-7-5-4-6-8-21/h4-16,24H,17-18H2,1-3H3. The molecular formula is C26H27F3O. The molecule has 0 aliphatic heterocycles. The van der Waals surface area contributed by atoms with Crippen molar-refractivity contribution >= 4 is 0 Å². The lowest BCUT2D eigenvalue weighted by atomic mass is 9.86. The molecule has 0 aromatic heterocycles. The van der Waals surface area contributed by atoms with Gasteiger partial charge in [-0.05, 0) is 46.2 Å². The highest BCUT2D eigenvalue weighted by Crippen LogP contribution is 2.32. The number of ether oxygens (including phenoxy) is 1. The van der Waals surface area contributed by atoms with Crippen molar-refractivity contribution in [2.24, 2.45) is 0 Å². The van der Waals surface area contributed by atoms with E-state index in [0.717, 1.165) is 16.7 Å². The molecule has 0 aliphatic rings. The molecule has 0 amide bonds. The summed E-state index contributed by atoms with van der Waals surface area (Å²) in [6.07, 6.45) is -5.86. The van der Waals surface area contributed by atoms with Crippen molar-refractivity contribution in [1.82, 2.24) is 0 Å². The molecule has 0 spiro atoms. The Morgan fingerprint density at radius 3 is 1.77 bits per heavy atom. The van der Waals surface area contributed by atoms with Crippen molar-refractivity contribution in [3.05, 3.63) is 90.0 Å². The third kappa shape index (κ3) is 6.12. The summed E-state index contributed by atoms with van der Waals surface area (Å²) in [5.41, 5.74) is 4.23. The summed E-state index contributed by atoms with van der Waals surface area (Å²) in [6, 6.07) is 25.0. The molecule has 0 N–H and O–H groups in total. The van der Waals surface area contributed by atoms with Crippen molar-refractivity contribution in [2.45, 2.75) is 51.3 Å². The van der Waals surface area contributed by atoms with Crippen LogP contribution in [0, 0.1) is 0 Å². The Morgan fingerprint density at radius 2 is 1.27 bits per heavy atom. The van der Waals surface area contributed by atoms with Crippen LogP contribution in [-0.4, -0.2) is 6.18 Å². The molecule has 0 saturated heterocycles. The van der Waals surface area contributed by atoms with Gasteiger partial charge in [0.1, 0.15) is 11.9 Å². The predicted molar refractivity (Wildman–Crippen MR) is 116 cm³/mol. The fraction of sp³-hybridized carbons (Fsp3) is 0.308.